The summed E-state index contributed by atoms with van der Waals surface area (Å²) in [5.41, 5.74) is 1.82. The third-order valence-corrected chi connectivity index (χ3v) is 4.50. The van der Waals surface area contributed by atoms with Crippen molar-refractivity contribution in [2.24, 2.45) is 5.92 Å². The Balaban J connectivity index is 2.26. The maximum Gasteiger partial charge on any atom is 0.131 e. The summed E-state index contributed by atoms with van der Waals surface area (Å²) in [6.07, 6.45) is 8.25. The van der Waals surface area contributed by atoms with Crippen LogP contribution in [-0.2, 0) is 0 Å². The molecule has 0 amide bonds. The van der Waals surface area contributed by atoms with Gasteiger partial charge in [0.1, 0.15) is 5.82 Å². The minimum atomic E-state index is -0.236. The number of halogens is 2. The van der Waals surface area contributed by atoms with E-state index in [9.17, 15) is 4.39 Å². The van der Waals surface area contributed by atoms with Gasteiger partial charge in [0.25, 0.3) is 0 Å². The average molecular weight is 310 g/mol. The monoisotopic (exact) mass is 309 g/mol. The maximum absolute atomic E-state index is 14.0. The molecule has 0 bridgehead atoms. The van der Waals surface area contributed by atoms with Crippen molar-refractivity contribution in [2.75, 3.05) is 6.54 Å². The lowest BCUT2D eigenvalue weighted by atomic mass is 9.83. The van der Waals surface area contributed by atoms with E-state index >= 15 is 0 Å². The topological polar surface area (TPSA) is 12.0 Å². The van der Waals surface area contributed by atoms with Crippen molar-refractivity contribution in [3.05, 3.63) is 40.2 Å². The van der Waals surface area contributed by atoms with E-state index in [0.29, 0.717) is 22.5 Å². The Bertz CT molecular complexity index is 470. The molecule has 0 unspecified atom stereocenters. The molecule has 1 aromatic carbocycles. The third kappa shape index (κ3) is 4.82. The van der Waals surface area contributed by atoms with Crippen LogP contribution < -0.4 is 5.32 Å². The van der Waals surface area contributed by atoms with Gasteiger partial charge in [0, 0.05) is 18.2 Å². The van der Waals surface area contributed by atoms with Crippen molar-refractivity contribution in [3.8, 4) is 0 Å². The molecule has 1 nitrogen and oxygen atoms in total. The van der Waals surface area contributed by atoms with Gasteiger partial charge in [-0.2, -0.15) is 0 Å². The van der Waals surface area contributed by atoms with Gasteiger partial charge in [-0.05, 0) is 37.0 Å². The van der Waals surface area contributed by atoms with Gasteiger partial charge in [0.15, 0.2) is 0 Å². The molecule has 1 aliphatic rings. The SMILES string of the molecule is CC(C)NC/C(=C/c1c(F)cccc1Cl)C1CCCCC1. The van der Waals surface area contributed by atoms with Crippen molar-refractivity contribution in [2.45, 2.75) is 52.0 Å². The normalized spacial score (nSPS) is 17.5. The van der Waals surface area contributed by atoms with Gasteiger partial charge >= 0.3 is 0 Å². The Morgan fingerprint density at radius 2 is 2.05 bits per heavy atom. The Hall–Kier alpha value is -0.860. The first-order valence-corrected chi connectivity index (χ1v) is 8.33. The van der Waals surface area contributed by atoms with Crippen LogP contribution in [0.3, 0.4) is 0 Å². The Kier molecular flexibility index (Phi) is 6.25. The van der Waals surface area contributed by atoms with Crippen molar-refractivity contribution in [1.29, 1.82) is 0 Å². The van der Waals surface area contributed by atoms with Crippen LogP contribution in [-0.4, -0.2) is 12.6 Å². The summed E-state index contributed by atoms with van der Waals surface area (Å²) in [6, 6.07) is 5.31. The molecule has 0 aliphatic heterocycles. The zero-order valence-electron chi connectivity index (χ0n) is 13.0. The fourth-order valence-corrected chi connectivity index (χ4v) is 3.16. The maximum atomic E-state index is 14.0. The fraction of sp³-hybridized carbons (Fsp3) is 0.556. The second kappa shape index (κ2) is 7.95. The van der Waals surface area contributed by atoms with E-state index in [1.54, 1.807) is 12.1 Å². The molecule has 0 atom stereocenters. The van der Waals surface area contributed by atoms with E-state index in [1.807, 2.05) is 6.08 Å². The van der Waals surface area contributed by atoms with E-state index < -0.39 is 0 Å². The van der Waals surface area contributed by atoms with Crippen LogP contribution in [0.25, 0.3) is 6.08 Å². The molecule has 1 fully saturated rings. The van der Waals surface area contributed by atoms with E-state index in [0.717, 1.165) is 6.54 Å². The predicted molar refractivity (Wildman–Crippen MR) is 89.1 cm³/mol. The van der Waals surface area contributed by atoms with Gasteiger partial charge in [-0.1, -0.05) is 56.4 Å². The lowest BCUT2D eigenvalue weighted by Crippen LogP contribution is -2.28. The summed E-state index contributed by atoms with van der Waals surface area (Å²) >= 11 is 6.17. The summed E-state index contributed by atoms with van der Waals surface area (Å²) in [4.78, 5) is 0. The molecule has 2 rings (SSSR count). The van der Waals surface area contributed by atoms with E-state index in [4.69, 9.17) is 11.6 Å². The molecular weight excluding hydrogens is 285 g/mol. The number of hydrogen-bond donors (Lipinski definition) is 1. The number of nitrogens with one attached hydrogen (secondary N) is 1. The van der Waals surface area contributed by atoms with Gasteiger partial charge in [0.2, 0.25) is 0 Å². The predicted octanol–water partition coefficient (Wildman–Crippen LogP) is 5.44. The minimum Gasteiger partial charge on any atom is -0.311 e. The highest BCUT2D eigenvalue weighted by Gasteiger charge is 2.19. The number of rotatable bonds is 5. The molecule has 0 heterocycles. The first-order chi connectivity index (χ1) is 10.1. The second-order valence-corrected chi connectivity index (χ2v) is 6.63. The standard InChI is InChI=1S/C18H25ClFN/c1-13(2)21-12-15(14-7-4-3-5-8-14)11-16-17(19)9-6-10-18(16)20/h6,9-11,13-14,21H,3-5,7-8,12H2,1-2H3/b15-11-. The van der Waals surface area contributed by atoms with Crippen LogP contribution in [0.4, 0.5) is 4.39 Å². The van der Waals surface area contributed by atoms with Gasteiger partial charge in [-0.25, -0.2) is 4.39 Å². The van der Waals surface area contributed by atoms with E-state index in [2.05, 4.69) is 19.2 Å². The van der Waals surface area contributed by atoms with Crippen molar-refractivity contribution < 1.29 is 4.39 Å². The third-order valence-electron chi connectivity index (χ3n) is 4.17. The largest absolute Gasteiger partial charge is 0.311 e. The van der Waals surface area contributed by atoms with Crippen molar-refractivity contribution >= 4 is 17.7 Å². The zero-order valence-corrected chi connectivity index (χ0v) is 13.7. The highest BCUT2D eigenvalue weighted by Crippen LogP contribution is 2.32. The first kappa shape index (κ1) is 16.5. The average Bonchev–Trinajstić information content (AvgIpc) is 2.47. The van der Waals surface area contributed by atoms with E-state index in [-0.39, 0.29) is 5.82 Å². The summed E-state index contributed by atoms with van der Waals surface area (Å²) in [5.74, 6) is 0.320. The van der Waals surface area contributed by atoms with Gasteiger partial charge in [-0.15, -0.1) is 0 Å². The quantitative estimate of drug-likeness (QED) is 0.763. The van der Waals surface area contributed by atoms with Crippen LogP contribution in [0.5, 0.6) is 0 Å². The molecule has 116 valence electrons. The summed E-state index contributed by atoms with van der Waals surface area (Å²) in [5, 5.41) is 3.96. The lowest BCUT2D eigenvalue weighted by molar-refractivity contribution is 0.394. The zero-order chi connectivity index (χ0) is 15.2. The van der Waals surface area contributed by atoms with Crippen LogP contribution in [0.1, 0.15) is 51.5 Å². The Morgan fingerprint density at radius 1 is 1.33 bits per heavy atom. The highest BCUT2D eigenvalue weighted by molar-refractivity contribution is 6.32. The summed E-state index contributed by atoms with van der Waals surface area (Å²) < 4.78 is 14.0. The lowest BCUT2D eigenvalue weighted by Gasteiger charge is -2.26. The number of benzene rings is 1. The molecule has 0 saturated heterocycles. The van der Waals surface area contributed by atoms with Crippen LogP contribution >= 0.6 is 11.6 Å². The molecule has 1 aromatic rings. The smallest absolute Gasteiger partial charge is 0.131 e. The molecule has 0 spiro atoms. The van der Waals surface area contributed by atoms with Crippen LogP contribution in [0.2, 0.25) is 5.02 Å². The highest BCUT2D eigenvalue weighted by atomic mass is 35.5. The molecule has 1 N–H and O–H groups in total. The van der Waals surface area contributed by atoms with E-state index in [1.165, 1.54) is 43.7 Å². The molecule has 1 aliphatic carbocycles. The molecule has 21 heavy (non-hydrogen) atoms. The molecule has 3 heteroatoms. The number of hydrogen-bond acceptors (Lipinski definition) is 1. The summed E-state index contributed by atoms with van der Waals surface area (Å²) in [6.45, 7) is 5.08. The minimum absolute atomic E-state index is 0.236. The molecular formula is C18H25ClFN. The fourth-order valence-electron chi connectivity index (χ4n) is 2.94. The first-order valence-electron chi connectivity index (χ1n) is 7.95. The molecule has 0 aromatic heterocycles. The van der Waals surface area contributed by atoms with Crippen LogP contribution in [0.15, 0.2) is 23.8 Å². The Morgan fingerprint density at radius 3 is 2.67 bits per heavy atom. The Labute approximate surface area is 132 Å². The molecule has 0 radical (unpaired) electrons. The van der Waals surface area contributed by atoms with Crippen LogP contribution in [0, 0.1) is 11.7 Å². The van der Waals surface area contributed by atoms with Gasteiger partial charge in [-0.3, -0.25) is 0 Å². The van der Waals surface area contributed by atoms with Crippen molar-refractivity contribution in [3.63, 3.8) is 0 Å². The van der Waals surface area contributed by atoms with Gasteiger partial charge < -0.3 is 5.32 Å². The second-order valence-electron chi connectivity index (χ2n) is 6.23. The van der Waals surface area contributed by atoms with Crippen molar-refractivity contribution in [1.82, 2.24) is 5.32 Å². The molecule has 1 saturated carbocycles. The summed E-state index contributed by atoms with van der Waals surface area (Å²) in [7, 11) is 0. The van der Waals surface area contributed by atoms with Gasteiger partial charge in [0.05, 0.1) is 5.02 Å².